The van der Waals surface area contributed by atoms with E-state index >= 15 is 0 Å². The Kier molecular flexibility index (Phi) is 4.39. The Morgan fingerprint density at radius 1 is 1.62 bits per heavy atom. The Balaban J connectivity index is 2.82. The van der Waals surface area contributed by atoms with Gasteiger partial charge in [0.15, 0.2) is 0 Å². The number of hydrogen-bond donors (Lipinski definition) is 1. The summed E-state index contributed by atoms with van der Waals surface area (Å²) in [6.07, 6.45) is 6.72. The van der Waals surface area contributed by atoms with Gasteiger partial charge in [-0.3, -0.25) is 0 Å². The lowest BCUT2D eigenvalue weighted by molar-refractivity contribution is 0.160. The lowest BCUT2D eigenvalue weighted by atomic mass is 10.0. The number of aliphatic hydroxyl groups is 1. The summed E-state index contributed by atoms with van der Waals surface area (Å²) in [7, 11) is 3.37. The summed E-state index contributed by atoms with van der Waals surface area (Å²) < 4.78 is 6.86. The minimum atomic E-state index is -0.558. The first kappa shape index (κ1) is 12.6. The Bertz CT molecular complexity index is 390. The fourth-order valence-electron chi connectivity index (χ4n) is 1.82. The number of terminal acetylenes is 1. The molecule has 0 aliphatic carbocycles. The van der Waals surface area contributed by atoms with Gasteiger partial charge in [0.05, 0.1) is 24.5 Å². The molecule has 0 amide bonds. The van der Waals surface area contributed by atoms with Gasteiger partial charge >= 0.3 is 0 Å². The predicted molar refractivity (Wildman–Crippen MR) is 62.1 cm³/mol. The van der Waals surface area contributed by atoms with E-state index in [2.05, 4.69) is 11.0 Å². The summed E-state index contributed by atoms with van der Waals surface area (Å²) in [4.78, 5) is 0. The Labute approximate surface area is 96.2 Å². The van der Waals surface area contributed by atoms with Gasteiger partial charge in [0.1, 0.15) is 0 Å². The highest BCUT2D eigenvalue weighted by atomic mass is 16.5. The third-order valence-electron chi connectivity index (χ3n) is 2.54. The summed E-state index contributed by atoms with van der Waals surface area (Å²) >= 11 is 0. The Morgan fingerprint density at radius 2 is 2.31 bits per heavy atom. The van der Waals surface area contributed by atoms with Gasteiger partial charge in [-0.1, -0.05) is 0 Å². The van der Waals surface area contributed by atoms with Gasteiger partial charge in [0.25, 0.3) is 0 Å². The molecule has 16 heavy (non-hydrogen) atoms. The monoisotopic (exact) mass is 222 g/mol. The zero-order chi connectivity index (χ0) is 12.1. The number of ether oxygens (including phenoxy) is 1. The molecule has 0 saturated heterocycles. The molecule has 1 heterocycles. The molecule has 1 unspecified atom stereocenters. The molecule has 0 saturated carbocycles. The van der Waals surface area contributed by atoms with Crippen molar-refractivity contribution in [2.24, 2.45) is 7.05 Å². The molecule has 1 atom stereocenters. The normalized spacial score (nSPS) is 12.2. The number of aromatic nitrogens is 2. The number of unbranched alkanes of at least 4 members (excludes halogenated alkanes) is 1. The van der Waals surface area contributed by atoms with Crippen molar-refractivity contribution in [2.75, 3.05) is 7.11 Å². The molecule has 1 N–H and O–H groups in total. The molecule has 1 rings (SSSR count). The van der Waals surface area contributed by atoms with E-state index in [1.54, 1.807) is 18.8 Å². The summed E-state index contributed by atoms with van der Waals surface area (Å²) in [5.74, 6) is 3.18. The van der Waals surface area contributed by atoms with Gasteiger partial charge in [-0.15, -0.1) is 12.3 Å². The van der Waals surface area contributed by atoms with Crippen LogP contribution < -0.4 is 4.74 Å². The summed E-state index contributed by atoms with van der Waals surface area (Å²) in [5, 5.41) is 14.3. The maximum atomic E-state index is 10.1. The number of methoxy groups -OCH3 is 1. The van der Waals surface area contributed by atoms with Crippen LogP contribution in [0.2, 0.25) is 0 Å². The van der Waals surface area contributed by atoms with Crippen molar-refractivity contribution < 1.29 is 9.84 Å². The third-order valence-corrected chi connectivity index (χ3v) is 2.54. The van der Waals surface area contributed by atoms with Gasteiger partial charge in [-0.05, 0) is 19.8 Å². The minimum absolute atomic E-state index is 0.558. The molecule has 88 valence electrons. The second kappa shape index (κ2) is 5.57. The first-order chi connectivity index (χ1) is 7.61. The molecule has 1 aromatic heterocycles. The number of aliphatic hydroxyl groups excluding tert-OH is 1. The van der Waals surface area contributed by atoms with Crippen LogP contribution in [0.1, 0.15) is 36.6 Å². The first-order valence-corrected chi connectivity index (χ1v) is 5.30. The third kappa shape index (κ3) is 2.56. The van der Waals surface area contributed by atoms with Crippen molar-refractivity contribution in [1.82, 2.24) is 9.78 Å². The van der Waals surface area contributed by atoms with E-state index in [1.807, 2.05) is 6.92 Å². The van der Waals surface area contributed by atoms with Crippen molar-refractivity contribution in [1.29, 1.82) is 0 Å². The standard InChI is InChI=1S/C12H18N2O2/c1-5-6-7-8-10(15)11-9(2)13-14(3)12(11)16-4/h1,10,15H,6-8H2,2-4H3. The van der Waals surface area contributed by atoms with Crippen LogP contribution in [0.3, 0.4) is 0 Å². The maximum absolute atomic E-state index is 10.1. The molecule has 4 heteroatoms. The fourth-order valence-corrected chi connectivity index (χ4v) is 1.82. The quantitative estimate of drug-likeness (QED) is 0.607. The molecule has 0 aliphatic rings. The van der Waals surface area contributed by atoms with Gasteiger partial charge < -0.3 is 9.84 Å². The highest BCUT2D eigenvalue weighted by Crippen LogP contribution is 2.30. The van der Waals surface area contributed by atoms with Crippen molar-refractivity contribution in [3.8, 4) is 18.2 Å². The highest BCUT2D eigenvalue weighted by molar-refractivity contribution is 5.33. The largest absolute Gasteiger partial charge is 0.481 e. The van der Waals surface area contributed by atoms with Crippen LogP contribution >= 0.6 is 0 Å². The number of rotatable bonds is 5. The van der Waals surface area contributed by atoms with Crippen molar-refractivity contribution in [3.63, 3.8) is 0 Å². The van der Waals surface area contributed by atoms with Gasteiger partial charge in [-0.25, -0.2) is 4.68 Å². The number of nitrogens with zero attached hydrogens (tertiary/aromatic N) is 2. The smallest absolute Gasteiger partial charge is 0.217 e. The highest BCUT2D eigenvalue weighted by Gasteiger charge is 2.20. The van der Waals surface area contributed by atoms with Crippen molar-refractivity contribution in [3.05, 3.63) is 11.3 Å². The van der Waals surface area contributed by atoms with E-state index in [0.717, 1.165) is 17.7 Å². The topological polar surface area (TPSA) is 47.3 Å². The molecule has 0 aromatic carbocycles. The molecule has 0 radical (unpaired) electrons. The molecule has 0 aliphatic heterocycles. The van der Waals surface area contributed by atoms with E-state index in [1.165, 1.54) is 0 Å². The van der Waals surface area contributed by atoms with Crippen LogP contribution in [0.4, 0.5) is 0 Å². The molecule has 4 nitrogen and oxygen atoms in total. The zero-order valence-electron chi connectivity index (χ0n) is 10.0. The van der Waals surface area contributed by atoms with E-state index in [9.17, 15) is 5.11 Å². The van der Waals surface area contributed by atoms with E-state index in [-0.39, 0.29) is 0 Å². The summed E-state index contributed by atoms with van der Waals surface area (Å²) in [5.41, 5.74) is 1.56. The molecular formula is C12H18N2O2. The minimum Gasteiger partial charge on any atom is -0.481 e. The Hall–Kier alpha value is -1.47. The van der Waals surface area contributed by atoms with Gasteiger partial charge in [0.2, 0.25) is 5.88 Å². The Morgan fingerprint density at radius 3 is 2.88 bits per heavy atom. The number of aryl methyl sites for hydroxylation is 2. The maximum Gasteiger partial charge on any atom is 0.217 e. The molecule has 0 bridgehead atoms. The second-order valence-corrected chi connectivity index (χ2v) is 3.74. The van der Waals surface area contributed by atoms with Crippen LogP contribution in [-0.2, 0) is 7.05 Å². The molecular weight excluding hydrogens is 204 g/mol. The van der Waals surface area contributed by atoms with Gasteiger partial charge in [0, 0.05) is 13.5 Å². The zero-order valence-corrected chi connectivity index (χ0v) is 10.0. The van der Waals surface area contributed by atoms with Gasteiger partial charge in [-0.2, -0.15) is 5.10 Å². The summed E-state index contributed by atoms with van der Waals surface area (Å²) in [6, 6.07) is 0. The van der Waals surface area contributed by atoms with E-state index in [0.29, 0.717) is 18.7 Å². The van der Waals surface area contributed by atoms with Crippen molar-refractivity contribution >= 4 is 0 Å². The van der Waals surface area contributed by atoms with Crippen molar-refractivity contribution in [2.45, 2.75) is 32.3 Å². The van der Waals surface area contributed by atoms with Crippen LogP contribution in [0, 0.1) is 19.3 Å². The van der Waals surface area contributed by atoms with Crippen LogP contribution in [-0.4, -0.2) is 22.0 Å². The van der Waals surface area contributed by atoms with Crippen LogP contribution in [0.25, 0.3) is 0 Å². The van der Waals surface area contributed by atoms with Crippen LogP contribution in [0.15, 0.2) is 0 Å². The summed E-state index contributed by atoms with van der Waals surface area (Å²) in [6.45, 7) is 1.86. The molecule has 0 fully saturated rings. The average Bonchev–Trinajstić information content (AvgIpc) is 2.53. The van der Waals surface area contributed by atoms with Crippen LogP contribution in [0.5, 0.6) is 5.88 Å². The number of hydrogen-bond acceptors (Lipinski definition) is 3. The van der Waals surface area contributed by atoms with E-state index in [4.69, 9.17) is 11.2 Å². The second-order valence-electron chi connectivity index (χ2n) is 3.74. The SMILES string of the molecule is C#CCCCC(O)c1c(C)nn(C)c1OC. The fraction of sp³-hybridized carbons (Fsp3) is 0.583. The lowest BCUT2D eigenvalue weighted by Gasteiger charge is -2.11. The average molecular weight is 222 g/mol. The predicted octanol–water partition coefficient (Wildman–Crippen LogP) is 1.57. The molecule has 1 aromatic rings. The lowest BCUT2D eigenvalue weighted by Crippen LogP contribution is -2.02. The van der Waals surface area contributed by atoms with E-state index < -0.39 is 6.10 Å². The first-order valence-electron chi connectivity index (χ1n) is 5.30. The molecule has 0 spiro atoms.